The third-order valence-electron chi connectivity index (χ3n) is 5.49. The Hall–Kier alpha value is -2.91. The third-order valence-corrected chi connectivity index (χ3v) is 8.77. The predicted molar refractivity (Wildman–Crippen MR) is 163 cm³/mol. The molecule has 0 saturated heterocycles. The normalized spacial score (nSPS) is 11.5. The summed E-state index contributed by atoms with van der Waals surface area (Å²) in [6, 6.07) is 22.7. The predicted octanol–water partition coefficient (Wildman–Crippen LogP) is 9.38. The van der Waals surface area contributed by atoms with Gasteiger partial charge >= 0.3 is 5.97 Å². The Morgan fingerprint density at radius 2 is 1.27 bits per heavy atom. The Labute approximate surface area is 258 Å². The number of nitrogens with one attached hydrogen (secondary N) is 2. The van der Waals surface area contributed by atoms with E-state index in [9.17, 15) is 19.5 Å². The van der Waals surface area contributed by atoms with Crippen molar-refractivity contribution >= 4 is 98.9 Å². The van der Waals surface area contributed by atoms with Crippen LogP contribution in [0.5, 0.6) is 0 Å². The SMILES string of the molecule is O=C(O)c1c(Cl)c(Cl)c(Cl)c(Cl)c1C(=O)Nc1cccc(SC(C(=O)Nc2cccc(Cl)c2)c2ccccc2)c1. The van der Waals surface area contributed by atoms with Crippen LogP contribution in [0.1, 0.15) is 31.5 Å². The average molecular weight is 655 g/mol. The topological polar surface area (TPSA) is 95.5 Å². The van der Waals surface area contributed by atoms with Crippen molar-refractivity contribution in [1.82, 2.24) is 0 Å². The molecule has 4 aromatic carbocycles. The molecule has 1 atom stereocenters. The van der Waals surface area contributed by atoms with Gasteiger partial charge in [-0.3, -0.25) is 9.59 Å². The fraction of sp³-hybridized carbons (Fsp3) is 0.0357. The minimum atomic E-state index is -1.50. The molecule has 0 aliphatic heterocycles. The number of benzene rings is 4. The largest absolute Gasteiger partial charge is 0.478 e. The zero-order valence-electron chi connectivity index (χ0n) is 20.1. The van der Waals surface area contributed by atoms with Gasteiger partial charge in [0.1, 0.15) is 5.25 Å². The van der Waals surface area contributed by atoms with Crippen LogP contribution in [-0.2, 0) is 4.79 Å². The highest BCUT2D eigenvalue weighted by molar-refractivity contribution is 8.00. The van der Waals surface area contributed by atoms with Crippen molar-refractivity contribution in [2.45, 2.75) is 10.1 Å². The molecule has 0 aromatic heterocycles. The van der Waals surface area contributed by atoms with Crippen molar-refractivity contribution in [2.24, 2.45) is 0 Å². The maximum Gasteiger partial charge on any atom is 0.338 e. The van der Waals surface area contributed by atoms with Crippen LogP contribution in [0.25, 0.3) is 0 Å². The Balaban J connectivity index is 1.62. The van der Waals surface area contributed by atoms with Crippen LogP contribution in [0.4, 0.5) is 11.4 Å². The van der Waals surface area contributed by atoms with Gasteiger partial charge in [-0.1, -0.05) is 100 Å². The molecule has 3 N–H and O–H groups in total. The summed E-state index contributed by atoms with van der Waals surface area (Å²) in [5, 5.41) is 13.7. The lowest BCUT2D eigenvalue weighted by Gasteiger charge is -2.18. The molecule has 204 valence electrons. The van der Waals surface area contributed by atoms with Crippen LogP contribution >= 0.6 is 69.8 Å². The zero-order chi connectivity index (χ0) is 29.0. The minimum absolute atomic E-state index is 0.246. The minimum Gasteiger partial charge on any atom is -0.478 e. The second-order valence-electron chi connectivity index (χ2n) is 8.20. The van der Waals surface area contributed by atoms with E-state index in [1.165, 1.54) is 11.8 Å². The highest BCUT2D eigenvalue weighted by Gasteiger charge is 2.29. The number of carboxylic acid groups (broad SMARTS) is 1. The zero-order valence-corrected chi connectivity index (χ0v) is 24.6. The molecule has 12 heteroatoms. The van der Waals surface area contributed by atoms with Gasteiger partial charge in [-0.25, -0.2) is 4.79 Å². The number of halogens is 5. The second kappa shape index (κ2) is 13.2. The number of anilines is 2. The van der Waals surface area contributed by atoms with E-state index in [0.29, 0.717) is 21.3 Å². The van der Waals surface area contributed by atoms with Crippen molar-refractivity contribution < 1.29 is 19.5 Å². The first-order chi connectivity index (χ1) is 19.1. The number of hydrogen-bond donors (Lipinski definition) is 3. The summed E-state index contributed by atoms with van der Waals surface area (Å²) in [6.07, 6.45) is 0. The maximum absolute atomic E-state index is 13.4. The summed E-state index contributed by atoms with van der Waals surface area (Å²) >= 11 is 31.7. The summed E-state index contributed by atoms with van der Waals surface area (Å²) in [5.41, 5.74) is 0.600. The Kier molecular flexibility index (Phi) is 9.90. The number of carbonyl (C=O) groups excluding carboxylic acids is 2. The van der Waals surface area contributed by atoms with Crippen LogP contribution in [-0.4, -0.2) is 22.9 Å². The van der Waals surface area contributed by atoms with E-state index in [0.717, 1.165) is 5.56 Å². The van der Waals surface area contributed by atoms with Crippen LogP contribution in [0.3, 0.4) is 0 Å². The second-order valence-corrected chi connectivity index (χ2v) is 11.3. The van der Waals surface area contributed by atoms with Crippen molar-refractivity contribution in [1.29, 1.82) is 0 Å². The van der Waals surface area contributed by atoms with E-state index in [4.69, 9.17) is 58.0 Å². The number of aromatic carboxylic acids is 1. The Bertz CT molecular complexity index is 1620. The van der Waals surface area contributed by atoms with Gasteiger partial charge in [-0.05, 0) is 42.0 Å². The summed E-state index contributed by atoms with van der Waals surface area (Å²) in [6.45, 7) is 0. The number of hydrogen-bond acceptors (Lipinski definition) is 4. The molecular weight excluding hydrogens is 638 g/mol. The highest BCUT2D eigenvalue weighted by Crippen LogP contribution is 2.42. The van der Waals surface area contributed by atoms with Crippen LogP contribution in [0, 0.1) is 0 Å². The lowest BCUT2D eigenvalue weighted by Crippen LogP contribution is -2.19. The van der Waals surface area contributed by atoms with Gasteiger partial charge in [0.15, 0.2) is 0 Å². The van der Waals surface area contributed by atoms with Crippen LogP contribution < -0.4 is 10.6 Å². The van der Waals surface area contributed by atoms with Crippen LogP contribution in [0.2, 0.25) is 25.1 Å². The molecular formula is C28H17Cl5N2O4S. The molecule has 0 aliphatic carbocycles. The first-order valence-corrected chi connectivity index (χ1v) is 14.1. The molecule has 0 saturated carbocycles. The smallest absolute Gasteiger partial charge is 0.338 e. The molecule has 4 rings (SSSR count). The molecule has 0 heterocycles. The molecule has 2 amide bonds. The van der Waals surface area contributed by atoms with Crippen molar-refractivity contribution in [3.63, 3.8) is 0 Å². The average Bonchev–Trinajstić information content (AvgIpc) is 2.92. The van der Waals surface area contributed by atoms with E-state index in [2.05, 4.69) is 10.6 Å². The van der Waals surface area contributed by atoms with E-state index in [-0.39, 0.29) is 21.0 Å². The molecule has 0 aliphatic rings. The summed E-state index contributed by atoms with van der Waals surface area (Å²) in [7, 11) is 0. The fourth-order valence-electron chi connectivity index (χ4n) is 3.70. The van der Waals surface area contributed by atoms with Gasteiger partial charge in [0, 0.05) is 21.3 Å². The molecule has 0 bridgehead atoms. The van der Waals surface area contributed by atoms with E-state index < -0.39 is 33.3 Å². The van der Waals surface area contributed by atoms with Crippen LogP contribution in [0.15, 0.2) is 83.8 Å². The fourth-order valence-corrected chi connectivity index (χ4v) is 5.99. The first-order valence-electron chi connectivity index (χ1n) is 11.4. The quantitative estimate of drug-likeness (QED) is 0.1000. The standard InChI is InChI=1S/C28H17Cl5N2O4S/c29-15-8-4-9-16(12-15)35-27(37)25(14-6-2-1-3-7-14)40-18-11-5-10-17(13-18)34-26(36)19-20(28(38)39)22(31)24(33)23(32)21(19)30/h1-13,25H,(H,34,36)(H,35,37)(H,38,39). The number of amides is 2. The number of rotatable bonds is 8. The molecule has 0 spiro atoms. The molecule has 4 aromatic rings. The van der Waals surface area contributed by atoms with Crippen molar-refractivity contribution in [3.8, 4) is 0 Å². The third kappa shape index (κ3) is 6.86. The van der Waals surface area contributed by atoms with Crippen molar-refractivity contribution in [2.75, 3.05) is 10.6 Å². The van der Waals surface area contributed by atoms with Gasteiger partial charge in [0.25, 0.3) is 5.91 Å². The number of thioether (sulfide) groups is 1. The summed E-state index contributed by atoms with van der Waals surface area (Å²) < 4.78 is 0. The lowest BCUT2D eigenvalue weighted by atomic mass is 10.1. The summed E-state index contributed by atoms with van der Waals surface area (Å²) in [5.74, 6) is -2.64. The monoisotopic (exact) mass is 652 g/mol. The van der Waals surface area contributed by atoms with Gasteiger partial charge in [-0.2, -0.15) is 0 Å². The molecule has 6 nitrogen and oxygen atoms in total. The Morgan fingerprint density at radius 3 is 1.90 bits per heavy atom. The van der Waals surface area contributed by atoms with E-state index in [1.807, 2.05) is 30.3 Å². The van der Waals surface area contributed by atoms with Gasteiger partial charge in [0.05, 0.1) is 31.2 Å². The van der Waals surface area contributed by atoms with Gasteiger partial charge < -0.3 is 15.7 Å². The molecule has 0 fully saturated rings. The molecule has 40 heavy (non-hydrogen) atoms. The lowest BCUT2D eigenvalue weighted by molar-refractivity contribution is -0.115. The number of carbonyl (C=O) groups is 3. The van der Waals surface area contributed by atoms with E-state index in [1.54, 1.807) is 48.5 Å². The Morgan fingerprint density at radius 1 is 0.675 bits per heavy atom. The molecule has 0 radical (unpaired) electrons. The van der Waals surface area contributed by atoms with Crippen molar-refractivity contribution in [3.05, 3.63) is 121 Å². The van der Waals surface area contributed by atoms with E-state index >= 15 is 0 Å². The van der Waals surface area contributed by atoms with Gasteiger partial charge in [0.2, 0.25) is 5.91 Å². The first kappa shape index (κ1) is 30.1. The maximum atomic E-state index is 13.4. The number of carboxylic acids is 1. The van der Waals surface area contributed by atoms with Gasteiger partial charge in [-0.15, -0.1) is 11.8 Å². The highest BCUT2D eigenvalue weighted by atomic mass is 35.5. The summed E-state index contributed by atoms with van der Waals surface area (Å²) in [4.78, 5) is 39.0. The molecule has 1 unspecified atom stereocenters.